The van der Waals surface area contributed by atoms with Crippen molar-refractivity contribution >= 4 is 5.91 Å². The molecule has 1 atom stereocenters. The first kappa shape index (κ1) is 9.00. The van der Waals surface area contributed by atoms with Crippen molar-refractivity contribution in [1.29, 1.82) is 0 Å². The van der Waals surface area contributed by atoms with Crippen LogP contribution in [0.1, 0.15) is 32.6 Å². The van der Waals surface area contributed by atoms with Gasteiger partial charge in [-0.3, -0.25) is 4.79 Å². The maximum absolute atomic E-state index is 11.3. The number of hydrogen-bond acceptors (Lipinski definition) is 2. The molecule has 1 unspecified atom stereocenters. The highest BCUT2D eigenvalue weighted by Crippen LogP contribution is 2.29. The average Bonchev–Trinajstić information content (AvgIpc) is 2.15. The summed E-state index contributed by atoms with van der Waals surface area (Å²) < 4.78 is 0. The van der Waals surface area contributed by atoms with Gasteiger partial charge in [0.15, 0.2) is 0 Å². The van der Waals surface area contributed by atoms with Gasteiger partial charge in [0.2, 0.25) is 5.91 Å². The molecule has 0 bridgehead atoms. The lowest BCUT2D eigenvalue weighted by Crippen LogP contribution is -2.64. The number of carbonyl (C=O) groups is 1. The van der Waals surface area contributed by atoms with E-state index >= 15 is 0 Å². The number of likely N-dealkylation sites (tertiary alicyclic amines) is 1. The number of nitrogens with zero attached hydrogens (tertiary/aromatic N) is 1. The van der Waals surface area contributed by atoms with Gasteiger partial charge in [-0.25, -0.2) is 0 Å². The Morgan fingerprint density at radius 3 is 2.38 bits per heavy atom. The van der Waals surface area contributed by atoms with Gasteiger partial charge in [-0.2, -0.15) is 0 Å². The van der Waals surface area contributed by atoms with Gasteiger partial charge < -0.3 is 10.6 Å². The SMILES string of the molecule is CC1CCC(N2CC(N)C2=O)CC1. The smallest absolute Gasteiger partial charge is 0.241 e. The number of amides is 1. The van der Waals surface area contributed by atoms with E-state index in [4.69, 9.17) is 5.73 Å². The molecule has 1 aliphatic heterocycles. The van der Waals surface area contributed by atoms with Crippen molar-refractivity contribution in [3.63, 3.8) is 0 Å². The van der Waals surface area contributed by atoms with Crippen LogP contribution in [-0.2, 0) is 4.79 Å². The van der Waals surface area contributed by atoms with Crippen molar-refractivity contribution in [2.24, 2.45) is 11.7 Å². The fraction of sp³-hybridized carbons (Fsp3) is 0.900. The first-order chi connectivity index (χ1) is 6.18. The summed E-state index contributed by atoms with van der Waals surface area (Å²) in [6.45, 7) is 3.08. The molecule has 3 nitrogen and oxygen atoms in total. The lowest BCUT2D eigenvalue weighted by molar-refractivity contribution is -0.146. The zero-order valence-electron chi connectivity index (χ0n) is 8.20. The molecular weight excluding hydrogens is 164 g/mol. The van der Waals surface area contributed by atoms with Gasteiger partial charge in [-0.05, 0) is 31.6 Å². The zero-order chi connectivity index (χ0) is 9.42. The predicted octanol–water partition coefficient (Wildman–Crippen LogP) is 0.735. The zero-order valence-corrected chi connectivity index (χ0v) is 8.20. The largest absolute Gasteiger partial charge is 0.336 e. The molecule has 1 heterocycles. The molecule has 74 valence electrons. The predicted molar refractivity (Wildman–Crippen MR) is 51.1 cm³/mol. The van der Waals surface area contributed by atoms with E-state index in [0.29, 0.717) is 6.04 Å². The number of rotatable bonds is 1. The molecule has 0 radical (unpaired) electrons. The van der Waals surface area contributed by atoms with Crippen molar-refractivity contribution in [2.45, 2.75) is 44.7 Å². The Kier molecular flexibility index (Phi) is 2.28. The summed E-state index contributed by atoms with van der Waals surface area (Å²) in [7, 11) is 0. The summed E-state index contributed by atoms with van der Waals surface area (Å²) in [5.41, 5.74) is 5.56. The number of nitrogens with two attached hydrogens (primary N) is 1. The van der Waals surface area contributed by atoms with Crippen molar-refractivity contribution in [3.8, 4) is 0 Å². The quantitative estimate of drug-likeness (QED) is 0.608. The topological polar surface area (TPSA) is 46.3 Å². The minimum absolute atomic E-state index is 0.166. The molecule has 1 saturated heterocycles. The second kappa shape index (κ2) is 3.29. The lowest BCUT2D eigenvalue weighted by atomic mass is 9.85. The first-order valence-corrected chi connectivity index (χ1v) is 5.24. The normalized spacial score (nSPS) is 40.3. The molecule has 13 heavy (non-hydrogen) atoms. The van der Waals surface area contributed by atoms with Crippen LogP contribution in [0.15, 0.2) is 0 Å². The molecule has 2 fully saturated rings. The molecule has 0 aromatic carbocycles. The molecule has 1 saturated carbocycles. The number of hydrogen-bond donors (Lipinski definition) is 1. The van der Waals surface area contributed by atoms with Crippen LogP contribution in [0, 0.1) is 5.92 Å². The van der Waals surface area contributed by atoms with Crippen LogP contribution in [-0.4, -0.2) is 29.4 Å². The summed E-state index contributed by atoms with van der Waals surface area (Å²) in [6.07, 6.45) is 4.90. The average molecular weight is 182 g/mol. The van der Waals surface area contributed by atoms with Gasteiger partial charge in [0.05, 0.1) is 0 Å². The van der Waals surface area contributed by atoms with E-state index in [-0.39, 0.29) is 11.9 Å². The van der Waals surface area contributed by atoms with Gasteiger partial charge in [-0.1, -0.05) is 6.92 Å². The Morgan fingerprint density at radius 1 is 1.31 bits per heavy atom. The molecular formula is C10H18N2O. The van der Waals surface area contributed by atoms with Crippen LogP contribution in [0.5, 0.6) is 0 Å². The maximum atomic E-state index is 11.3. The Balaban J connectivity index is 1.86. The summed E-state index contributed by atoms with van der Waals surface area (Å²) in [5, 5.41) is 0. The molecule has 2 N–H and O–H groups in total. The van der Waals surface area contributed by atoms with Crippen LogP contribution < -0.4 is 5.73 Å². The Hall–Kier alpha value is -0.570. The van der Waals surface area contributed by atoms with Gasteiger partial charge in [0.1, 0.15) is 6.04 Å². The molecule has 0 spiro atoms. The molecule has 1 amide bonds. The minimum atomic E-state index is -0.195. The summed E-state index contributed by atoms with van der Waals surface area (Å²) in [4.78, 5) is 13.3. The Morgan fingerprint density at radius 2 is 1.92 bits per heavy atom. The van der Waals surface area contributed by atoms with E-state index in [9.17, 15) is 4.79 Å². The summed E-state index contributed by atoms with van der Waals surface area (Å²) in [5.74, 6) is 1.01. The minimum Gasteiger partial charge on any atom is -0.336 e. The Labute approximate surface area is 79.3 Å². The first-order valence-electron chi connectivity index (χ1n) is 5.24. The fourth-order valence-electron chi connectivity index (χ4n) is 2.36. The molecule has 2 aliphatic rings. The van der Waals surface area contributed by atoms with Gasteiger partial charge in [-0.15, -0.1) is 0 Å². The third kappa shape index (κ3) is 1.57. The molecule has 3 heteroatoms. The van der Waals surface area contributed by atoms with E-state index < -0.39 is 0 Å². The highest BCUT2D eigenvalue weighted by Gasteiger charge is 2.38. The van der Waals surface area contributed by atoms with Crippen LogP contribution in [0.3, 0.4) is 0 Å². The number of carbonyl (C=O) groups excluding carboxylic acids is 1. The molecule has 0 aromatic heterocycles. The van der Waals surface area contributed by atoms with Crippen molar-refractivity contribution in [1.82, 2.24) is 4.90 Å². The van der Waals surface area contributed by atoms with Crippen LogP contribution in [0.4, 0.5) is 0 Å². The van der Waals surface area contributed by atoms with E-state index in [0.717, 1.165) is 12.5 Å². The third-order valence-corrected chi connectivity index (χ3v) is 3.42. The maximum Gasteiger partial charge on any atom is 0.241 e. The van der Waals surface area contributed by atoms with Crippen LogP contribution >= 0.6 is 0 Å². The monoisotopic (exact) mass is 182 g/mol. The van der Waals surface area contributed by atoms with Crippen LogP contribution in [0.2, 0.25) is 0 Å². The van der Waals surface area contributed by atoms with Crippen LogP contribution in [0.25, 0.3) is 0 Å². The van der Waals surface area contributed by atoms with Crippen molar-refractivity contribution < 1.29 is 4.79 Å². The highest BCUT2D eigenvalue weighted by atomic mass is 16.2. The summed E-state index contributed by atoms with van der Waals surface area (Å²) >= 11 is 0. The molecule has 0 aromatic rings. The lowest BCUT2D eigenvalue weighted by Gasteiger charge is -2.44. The fourth-order valence-corrected chi connectivity index (χ4v) is 2.36. The standard InChI is InChI=1S/C10H18N2O/c1-7-2-4-8(5-3-7)12-6-9(11)10(12)13/h7-9H,2-6,11H2,1H3. The van der Waals surface area contributed by atoms with E-state index in [1.54, 1.807) is 0 Å². The highest BCUT2D eigenvalue weighted by molar-refractivity contribution is 5.87. The van der Waals surface area contributed by atoms with Gasteiger partial charge in [0, 0.05) is 12.6 Å². The summed E-state index contributed by atoms with van der Waals surface area (Å²) in [6, 6.07) is 0.308. The molecule has 1 aliphatic carbocycles. The second-order valence-corrected chi connectivity index (χ2v) is 4.51. The van der Waals surface area contributed by atoms with Gasteiger partial charge >= 0.3 is 0 Å². The van der Waals surface area contributed by atoms with Gasteiger partial charge in [0.25, 0.3) is 0 Å². The number of β-lactam (4-membered cyclic amide) rings is 1. The van der Waals surface area contributed by atoms with Crippen molar-refractivity contribution in [2.75, 3.05) is 6.54 Å². The molecule has 2 rings (SSSR count). The van der Waals surface area contributed by atoms with Crippen molar-refractivity contribution in [3.05, 3.63) is 0 Å². The Bertz CT molecular complexity index is 209. The second-order valence-electron chi connectivity index (χ2n) is 4.51. The van der Waals surface area contributed by atoms with E-state index in [1.165, 1.54) is 25.7 Å². The van der Waals surface area contributed by atoms with E-state index in [2.05, 4.69) is 6.92 Å². The van der Waals surface area contributed by atoms with E-state index in [1.807, 2.05) is 4.90 Å². The third-order valence-electron chi connectivity index (χ3n) is 3.42.